The maximum absolute atomic E-state index is 13.1. The molecular weight excluding hydrogens is 209 g/mol. The molecular formula is C9H5ClFNO2. The van der Waals surface area contributed by atoms with Gasteiger partial charge in [-0.2, -0.15) is 5.26 Å². The molecule has 0 heterocycles. The summed E-state index contributed by atoms with van der Waals surface area (Å²) in [4.78, 5) is 11.0. The van der Waals surface area contributed by atoms with E-state index in [2.05, 4.69) is 0 Å². The van der Waals surface area contributed by atoms with Gasteiger partial charge in [0.05, 0.1) is 17.0 Å². The zero-order chi connectivity index (χ0) is 10.7. The van der Waals surface area contributed by atoms with E-state index in [1.807, 2.05) is 0 Å². The third kappa shape index (κ3) is 1.68. The van der Waals surface area contributed by atoms with Gasteiger partial charge in [-0.05, 0) is 12.1 Å². The number of ketones is 1. The van der Waals surface area contributed by atoms with Gasteiger partial charge in [0.15, 0.2) is 17.3 Å². The minimum Gasteiger partial charge on any atom is -0.504 e. The molecule has 0 aliphatic rings. The third-order valence-corrected chi connectivity index (χ3v) is 1.90. The Hall–Kier alpha value is -1.60. The van der Waals surface area contributed by atoms with Crippen molar-refractivity contribution in [2.24, 2.45) is 0 Å². The molecule has 0 spiro atoms. The minimum absolute atomic E-state index is 0.212. The van der Waals surface area contributed by atoms with E-state index >= 15 is 0 Å². The van der Waals surface area contributed by atoms with Crippen molar-refractivity contribution in [3.8, 4) is 11.8 Å². The zero-order valence-corrected chi connectivity index (χ0v) is 7.68. The topological polar surface area (TPSA) is 61.1 Å². The second-order valence-electron chi connectivity index (χ2n) is 2.49. The molecule has 0 unspecified atom stereocenters. The molecule has 0 aliphatic heterocycles. The smallest absolute Gasteiger partial charge is 0.183 e. The summed E-state index contributed by atoms with van der Waals surface area (Å²) in [5.41, 5.74) is -0.523. The third-order valence-electron chi connectivity index (χ3n) is 1.66. The lowest BCUT2D eigenvalue weighted by Gasteiger charge is -2.02. The number of aromatic hydroxyl groups is 1. The van der Waals surface area contributed by atoms with Gasteiger partial charge < -0.3 is 5.11 Å². The van der Waals surface area contributed by atoms with Gasteiger partial charge in [-0.15, -0.1) is 11.6 Å². The predicted molar refractivity (Wildman–Crippen MR) is 47.8 cm³/mol. The van der Waals surface area contributed by atoms with Crippen molar-refractivity contribution in [1.29, 1.82) is 5.26 Å². The van der Waals surface area contributed by atoms with Crippen LogP contribution in [0, 0.1) is 17.1 Å². The van der Waals surface area contributed by atoms with Crippen LogP contribution in [-0.4, -0.2) is 16.8 Å². The Morgan fingerprint density at radius 3 is 2.79 bits per heavy atom. The lowest BCUT2D eigenvalue weighted by molar-refractivity contribution is 0.101. The van der Waals surface area contributed by atoms with E-state index in [0.717, 1.165) is 6.07 Å². The zero-order valence-electron chi connectivity index (χ0n) is 6.92. The Morgan fingerprint density at radius 2 is 2.29 bits per heavy atom. The van der Waals surface area contributed by atoms with Crippen molar-refractivity contribution in [2.75, 3.05) is 5.88 Å². The van der Waals surface area contributed by atoms with Gasteiger partial charge in [0.1, 0.15) is 6.07 Å². The number of hydrogen-bond donors (Lipinski definition) is 1. The highest BCUT2D eigenvalue weighted by Gasteiger charge is 2.16. The SMILES string of the molecule is N#Cc1ccc(C(=O)CCl)c(O)c1F. The van der Waals surface area contributed by atoms with Crippen molar-refractivity contribution < 1.29 is 14.3 Å². The number of phenolic OH excluding ortho intramolecular Hbond substituents is 1. The van der Waals surface area contributed by atoms with Crippen LogP contribution in [0.15, 0.2) is 12.1 Å². The highest BCUT2D eigenvalue weighted by atomic mass is 35.5. The Morgan fingerprint density at radius 1 is 1.64 bits per heavy atom. The molecule has 0 saturated heterocycles. The van der Waals surface area contributed by atoms with Crippen LogP contribution in [0.3, 0.4) is 0 Å². The summed E-state index contributed by atoms with van der Waals surface area (Å²) >= 11 is 5.24. The van der Waals surface area contributed by atoms with E-state index in [4.69, 9.17) is 16.9 Å². The molecule has 0 amide bonds. The summed E-state index contributed by atoms with van der Waals surface area (Å²) in [6, 6.07) is 3.83. The number of carbonyl (C=O) groups excluding carboxylic acids is 1. The molecule has 0 atom stereocenters. The number of Topliss-reactive ketones (excluding diaryl/α,β-unsaturated/α-hetero) is 1. The summed E-state index contributed by atoms with van der Waals surface area (Å²) < 4.78 is 13.1. The van der Waals surface area contributed by atoms with Crippen LogP contribution in [0.1, 0.15) is 15.9 Å². The van der Waals surface area contributed by atoms with Gasteiger partial charge in [0.25, 0.3) is 0 Å². The van der Waals surface area contributed by atoms with Crippen molar-refractivity contribution in [3.05, 3.63) is 29.1 Å². The van der Waals surface area contributed by atoms with E-state index in [9.17, 15) is 14.3 Å². The molecule has 14 heavy (non-hydrogen) atoms. The lowest BCUT2D eigenvalue weighted by Crippen LogP contribution is -2.02. The average Bonchev–Trinajstić information content (AvgIpc) is 2.21. The number of hydrogen-bond acceptors (Lipinski definition) is 3. The van der Waals surface area contributed by atoms with Crippen molar-refractivity contribution in [2.45, 2.75) is 0 Å². The number of nitriles is 1. The molecule has 0 bridgehead atoms. The molecule has 3 nitrogen and oxygen atoms in total. The fourth-order valence-corrected chi connectivity index (χ4v) is 1.09. The first-order valence-electron chi connectivity index (χ1n) is 3.62. The fourth-order valence-electron chi connectivity index (χ4n) is 0.948. The highest BCUT2D eigenvalue weighted by molar-refractivity contribution is 6.30. The number of carbonyl (C=O) groups is 1. The first kappa shape index (κ1) is 10.5. The summed E-state index contributed by atoms with van der Waals surface area (Å²) in [7, 11) is 0. The molecule has 0 fully saturated rings. The first-order chi connectivity index (χ1) is 6.61. The number of rotatable bonds is 2. The monoisotopic (exact) mass is 213 g/mol. The van der Waals surface area contributed by atoms with E-state index in [-0.39, 0.29) is 17.0 Å². The molecule has 1 rings (SSSR count). The Labute approximate surface area is 84.3 Å². The Bertz CT molecular complexity index is 426. The van der Waals surface area contributed by atoms with Gasteiger partial charge >= 0.3 is 0 Å². The van der Waals surface area contributed by atoms with Crippen molar-refractivity contribution >= 4 is 17.4 Å². The quantitative estimate of drug-likeness (QED) is 0.602. The summed E-state index contributed by atoms with van der Waals surface area (Å²) in [6.45, 7) is 0. The summed E-state index contributed by atoms with van der Waals surface area (Å²) in [5.74, 6) is -2.86. The normalized spacial score (nSPS) is 9.50. The fraction of sp³-hybridized carbons (Fsp3) is 0.111. The molecule has 0 aromatic heterocycles. The van der Waals surface area contributed by atoms with Gasteiger partial charge in [0.2, 0.25) is 0 Å². The molecule has 5 heteroatoms. The molecule has 0 saturated carbocycles. The molecule has 72 valence electrons. The van der Waals surface area contributed by atoms with Gasteiger partial charge in [0, 0.05) is 0 Å². The van der Waals surface area contributed by atoms with Crippen molar-refractivity contribution in [1.82, 2.24) is 0 Å². The van der Waals surface area contributed by atoms with Gasteiger partial charge in [-0.3, -0.25) is 4.79 Å². The van der Waals surface area contributed by atoms with Crippen LogP contribution in [0.2, 0.25) is 0 Å². The minimum atomic E-state index is -1.09. The molecule has 0 radical (unpaired) electrons. The lowest BCUT2D eigenvalue weighted by atomic mass is 10.1. The molecule has 0 aliphatic carbocycles. The average molecular weight is 214 g/mol. The van der Waals surface area contributed by atoms with Crippen LogP contribution < -0.4 is 0 Å². The second kappa shape index (κ2) is 4.07. The van der Waals surface area contributed by atoms with Crippen LogP contribution in [0.5, 0.6) is 5.75 Å². The van der Waals surface area contributed by atoms with Crippen LogP contribution in [-0.2, 0) is 0 Å². The number of phenols is 1. The number of benzene rings is 1. The Kier molecular flexibility index (Phi) is 3.05. The number of nitrogens with zero attached hydrogens (tertiary/aromatic N) is 1. The summed E-state index contributed by atoms with van der Waals surface area (Å²) in [5, 5.41) is 17.6. The highest BCUT2D eigenvalue weighted by Crippen LogP contribution is 2.24. The van der Waals surface area contributed by atoms with E-state index in [1.165, 1.54) is 6.07 Å². The maximum atomic E-state index is 13.1. The van der Waals surface area contributed by atoms with E-state index in [1.54, 1.807) is 6.07 Å². The maximum Gasteiger partial charge on any atom is 0.183 e. The largest absolute Gasteiger partial charge is 0.504 e. The predicted octanol–water partition coefficient (Wildman–Crippen LogP) is 1.82. The second-order valence-corrected chi connectivity index (χ2v) is 2.76. The van der Waals surface area contributed by atoms with Crippen LogP contribution in [0.4, 0.5) is 4.39 Å². The number of alkyl halides is 1. The van der Waals surface area contributed by atoms with Gasteiger partial charge in [-0.25, -0.2) is 4.39 Å². The summed E-state index contributed by atoms with van der Waals surface area (Å²) in [6.07, 6.45) is 0. The molecule has 1 aromatic rings. The number of halogens is 2. The molecule has 1 N–H and O–H groups in total. The van der Waals surface area contributed by atoms with Crippen LogP contribution >= 0.6 is 11.6 Å². The molecule has 1 aromatic carbocycles. The van der Waals surface area contributed by atoms with E-state index < -0.39 is 17.3 Å². The first-order valence-corrected chi connectivity index (χ1v) is 4.16. The standard InChI is InChI=1S/C9H5ClFNO2/c10-3-7(13)6-2-1-5(4-12)8(11)9(6)14/h1-2,14H,3H2. The van der Waals surface area contributed by atoms with Crippen LogP contribution in [0.25, 0.3) is 0 Å². The Balaban J connectivity index is 3.33. The van der Waals surface area contributed by atoms with Crippen molar-refractivity contribution in [3.63, 3.8) is 0 Å². The van der Waals surface area contributed by atoms with Gasteiger partial charge in [-0.1, -0.05) is 0 Å². The van der Waals surface area contributed by atoms with E-state index in [0.29, 0.717) is 0 Å².